The standard InChI is InChI=1S/C41H63N11O15S/c1-5-21(4)33-39(63)48-24(10-11-29(42)54)35(59)49-28(18-30(43)55)37(61)47-25(36(60)52-41(65)40(64)50-26(16-20(2)3)34(58)45-19-31(44)56)12-14-68(66,67)15-13-32(57)46-27(38(62)51-33)17-22-6-8-23(53)9-7-22/h6-9,20-21,24-28,33,41,53,65H,5,10-19H2,1-4H3,(H2,42,54)(H2,43,55)(H2,44,56)(H,45,58)(H,46,57)(H,47,61)(H,48,63)(H,49,59)(H,50,64)(H,51,62)(H,52,60)/t21-,24-,25-,26-,27-,28-,33-,41-/m0/s1. The summed E-state index contributed by atoms with van der Waals surface area (Å²) in [5.41, 5.74) is 16.2. The maximum atomic E-state index is 14.0. The van der Waals surface area contributed by atoms with E-state index in [2.05, 4.69) is 37.2 Å². The van der Waals surface area contributed by atoms with Crippen LogP contribution in [-0.4, -0.2) is 144 Å². The lowest BCUT2D eigenvalue weighted by atomic mass is 9.96. The highest BCUT2D eigenvalue weighted by atomic mass is 32.2. The minimum absolute atomic E-state index is 0.0175. The highest BCUT2D eigenvalue weighted by molar-refractivity contribution is 7.91. The number of benzene rings is 1. The monoisotopic (exact) mass is 981 g/mol. The summed E-state index contributed by atoms with van der Waals surface area (Å²) < 4.78 is 26.8. The molecule has 1 fully saturated rings. The van der Waals surface area contributed by atoms with Crippen molar-refractivity contribution in [3.63, 3.8) is 0 Å². The van der Waals surface area contributed by atoms with Crippen molar-refractivity contribution in [3.8, 4) is 5.75 Å². The second-order valence-corrected chi connectivity index (χ2v) is 19.0. The van der Waals surface area contributed by atoms with Crippen LogP contribution in [0.15, 0.2) is 24.3 Å². The first kappa shape index (κ1) is 57.2. The Balaban J connectivity index is 2.63. The van der Waals surface area contributed by atoms with Crippen molar-refractivity contribution in [2.24, 2.45) is 29.0 Å². The Hall–Kier alpha value is -6.90. The number of amides is 11. The zero-order valence-corrected chi connectivity index (χ0v) is 38.9. The molecule has 0 radical (unpaired) electrons. The van der Waals surface area contributed by atoms with E-state index in [0.29, 0.717) is 5.56 Å². The zero-order chi connectivity index (χ0) is 51.5. The van der Waals surface area contributed by atoms with E-state index in [0.717, 1.165) is 0 Å². The smallest absolute Gasteiger partial charge is 0.270 e. The number of phenols is 1. The number of hydrogen-bond acceptors (Lipinski definition) is 15. The molecule has 378 valence electrons. The van der Waals surface area contributed by atoms with Gasteiger partial charge in [0.1, 0.15) is 42.0 Å². The summed E-state index contributed by atoms with van der Waals surface area (Å²) in [5, 5.41) is 38.7. The fraction of sp³-hybridized carbons (Fsp3) is 0.585. The van der Waals surface area contributed by atoms with Crippen molar-refractivity contribution >= 4 is 74.8 Å². The molecule has 1 aliphatic heterocycles. The van der Waals surface area contributed by atoms with Gasteiger partial charge in [0.05, 0.1) is 24.5 Å². The lowest BCUT2D eigenvalue weighted by Crippen LogP contribution is -2.61. The molecule has 16 N–H and O–H groups in total. The predicted octanol–water partition coefficient (Wildman–Crippen LogP) is -5.68. The molecule has 1 aromatic carbocycles. The van der Waals surface area contributed by atoms with Gasteiger partial charge in [0.15, 0.2) is 9.84 Å². The number of hydrogen-bond donors (Lipinski definition) is 13. The normalized spacial score (nSPS) is 22.3. The molecule has 68 heavy (non-hydrogen) atoms. The molecule has 26 nitrogen and oxygen atoms in total. The first-order valence-corrected chi connectivity index (χ1v) is 23.4. The number of rotatable bonds is 18. The van der Waals surface area contributed by atoms with Crippen LogP contribution in [0.4, 0.5) is 0 Å². The summed E-state index contributed by atoms with van der Waals surface area (Å²) >= 11 is 0. The maximum Gasteiger partial charge on any atom is 0.270 e. The number of nitrogens with two attached hydrogens (primary N) is 3. The molecular weight excluding hydrogens is 919 g/mol. The summed E-state index contributed by atoms with van der Waals surface area (Å²) in [4.78, 5) is 144. The molecule has 11 amide bonds. The minimum atomic E-state index is -4.34. The quantitative estimate of drug-likeness (QED) is 0.0610. The second-order valence-electron chi connectivity index (χ2n) is 16.7. The Bertz CT molecular complexity index is 2140. The molecule has 1 aliphatic rings. The summed E-state index contributed by atoms with van der Waals surface area (Å²) in [5.74, 6) is -14.8. The van der Waals surface area contributed by atoms with E-state index in [-0.39, 0.29) is 30.9 Å². The van der Waals surface area contributed by atoms with Gasteiger partial charge in [0.2, 0.25) is 65.3 Å². The maximum absolute atomic E-state index is 14.0. The van der Waals surface area contributed by atoms with Crippen LogP contribution >= 0.6 is 0 Å². The van der Waals surface area contributed by atoms with Gasteiger partial charge in [-0.25, -0.2) is 8.42 Å². The van der Waals surface area contributed by atoms with E-state index in [1.807, 2.05) is 5.32 Å². The highest BCUT2D eigenvalue weighted by Gasteiger charge is 2.36. The summed E-state index contributed by atoms with van der Waals surface area (Å²) in [6.45, 7) is 6.06. The summed E-state index contributed by atoms with van der Waals surface area (Å²) in [6.07, 6.45) is -5.92. The molecule has 0 unspecified atom stereocenters. The van der Waals surface area contributed by atoms with E-state index in [9.17, 15) is 71.4 Å². The molecular formula is C41H63N11O15S. The van der Waals surface area contributed by atoms with Gasteiger partial charge in [-0.15, -0.1) is 0 Å². The number of primary amides is 3. The molecule has 8 atom stereocenters. The average molecular weight is 982 g/mol. The number of carbonyl (C=O) groups is 11. The van der Waals surface area contributed by atoms with E-state index >= 15 is 0 Å². The Kier molecular flexibility index (Phi) is 22.8. The number of nitrogens with one attached hydrogen (secondary N) is 8. The molecule has 1 aromatic rings. The average Bonchev–Trinajstić information content (AvgIpc) is 3.25. The third-order valence-corrected chi connectivity index (χ3v) is 12.2. The largest absolute Gasteiger partial charge is 0.508 e. The van der Waals surface area contributed by atoms with Crippen LogP contribution in [0, 0.1) is 11.8 Å². The van der Waals surface area contributed by atoms with Crippen LogP contribution in [0.3, 0.4) is 0 Å². The lowest BCUT2D eigenvalue weighted by molar-refractivity contribution is -0.141. The molecule has 2 rings (SSSR count). The van der Waals surface area contributed by atoms with Crippen molar-refractivity contribution in [3.05, 3.63) is 29.8 Å². The van der Waals surface area contributed by atoms with Gasteiger partial charge in [-0.05, 0) is 48.8 Å². The predicted molar refractivity (Wildman–Crippen MR) is 239 cm³/mol. The third-order valence-electron chi connectivity index (χ3n) is 10.5. The number of aliphatic hydroxyl groups excluding tert-OH is 1. The minimum Gasteiger partial charge on any atom is -0.508 e. The first-order chi connectivity index (χ1) is 31.7. The van der Waals surface area contributed by atoms with Crippen molar-refractivity contribution < 1.29 is 71.4 Å². The van der Waals surface area contributed by atoms with Crippen LogP contribution in [0.2, 0.25) is 0 Å². The fourth-order valence-corrected chi connectivity index (χ4v) is 7.83. The van der Waals surface area contributed by atoms with Crippen LogP contribution in [-0.2, 0) is 69.0 Å². The van der Waals surface area contributed by atoms with Gasteiger partial charge >= 0.3 is 0 Å². The number of aromatic hydroxyl groups is 1. The van der Waals surface area contributed by atoms with Gasteiger partial charge < -0.3 is 69.9 Å². The van der Waals surface area contributed by atoms with E-state index in [1.165, 1.54) is 24.3 Å². The Morgan fingerprint density at radius 2 is 1.35 bits per heavy atom. The van der Waals surface area contributed by atoms with Gasteiger partial charge in [0.25, 0.3) is 5.91 Å². The molecule has 0 aliphatic carbocycles. The van der Waals surface area contributed by atoms with Gasteiger partial charge in [-0.2, -0.15) is 0 Å². The number of aliphatic hydroxyl groups is 1. The zero-order valence-electron chi connectivity index (χ0n) is 38.1. The van der Waals surface area contributed by atoms with E-state index in [1.54, 1.807) is 27.7 Å². The first-order valence-electron chi connectivity index (χ1n) is 21.6. The van der Waals surface area contributed by atoms with Crippen molar-refractivity contribution in [1.82, 2.24) is 42.5 Å². The molecule has 1 saturated heterocycles. The van der Waals surface area contributed by atoms with Crippen molar-refractivity contribution in [2.75, 3.05) is 18.1 Å². The van der Waals surface area contributed by atoms with Gasteiger partial charge in [-0.3, -0.25) is 52.7 Å². The molecule has 0 spiro atoms. The summed E-state index contributed by atoms with van der Waals surface area (Å²) in [6, 6.07) is -4.29. The van der Waals surface area contributed by atoms with Crippen LogP contribution in [0.1, 0.15) is 78.2 Å². The van der Waals surface area contributed by atoms with Gasteiger partial charge in [-0.1, -0.05) is 46.2 Å². The van der Waals surface area contributed by atoms with Crippen LogP contribution in [0.5, 0.6) is 5.75 Å². The fourth-order valence-electron chi connectivity index (χ4n) is 6.54. The Morgan fingerprint density at radius 1 is 0.750 bits per heavy atom. The topological polar surface area (TPSA) is 437 Å². The van der Waals surface area contributed by atoms with E-state index < -0.39 is 173 Å². The molecule has 27 heteroatoms. The van der Waals surface area contributed by atoms with Crippen molar-refractivity contribution in [2.45, 2.75) is 122 Å². The number of carbonyl (C=O) groups excluding carboxylic acids is 11. The Labute approximate surface area is 392 Å². The molecule has 0 saturated carbocycles. The second kappa shape index (κ2) is 27.0. The summed E-state index contributed by atoms with van der Waals surface area (Å²) in [7, 11) is -4.34. The number of phenolic OH excluding ortho intramolecular Hbond substituents is 1. The lowest BCUT2D eigenvalue weighted by Gasteiger charge is -2.29. The SMILES string of the molecule is CC[C@H](C)[C@@H]1NC(=O)[C@H](Cc2ccc(O)cc2)NC(=O)CCS(=O)(=O)CC[C@@H](C(=O)N[C@@H](O)C(=O)N[C@@H](CC(C)C)C(=O)NCC(N)=O)NC(=O)[C@H](CC(N)=O)NC(=O)[C@H](CCC(N)=O)NC1=O. The van der Waals surface area contributed by atoms with E-state index in [4.69, 9.17) is 17.2 Å². The molecule has 1 heterocycles. The molecule has 0 aromatic heterocycles. The van der Waals surface area contributed by atoms with Gasteiger partial charge in [0, 0.05) is 19.3 Å². The molecule has 0 bridgehead atoms. The van der Waals surface area contributed by atoms with Crippen LogP contribution < -0.4 is 59.7 Å². The highest BCUT2D eigenvalue weighted by Crippen LogP contribution is 2.15. The van der Waals surface area contributed by atoms with Crippen molar-refractivity contribution in [1.29, 1.82) is 0 Å². The number of sulfone groups is 1. The third kappa shape index (κ3) is 20.3. The van der Waals surface area contributed by atoms with Crippen LogP contribution in [0.25, 0.3) is 0 Å². The Morgan fingerprint density at radius 3 is 1.93 bits per heavy atom.